The summed E-state index contributed by atoms with van der Waals surface area (Å²) in [6, 6.07) is 7.85. The number of carbonyl (C=O) groups excluding carboxylic acids is 1. The van der Waals surface area contributed by atoms with Gasteiger partial charge in [0.15, 0.2) is 31.3 Å². The Kier molecular flexibility index (Phi) is 6.35. The number of esters is 1. The van der Waals surface area contributed by atoms with E-state index in [0.717, 1.165) is 16.7 Å². The highest BCUT2D eigenvalue weighted by Crippen LogP contribution is 2.57. The number of ether oxygens (including phenoxy) is 6. The average Bonchev–Trinajstić information content (AvgIpc) is 3.47. The van der Waals surface area contributed by atoms with Gasteiger partial charge in [0.25, 0.3) is 0 Å². The molecule has 3 aliphatic rings. The molecule has 2 aromatic carbocycles. The van der Waals surface area contributed by atoms with Crippen molar-refractivity contribution in [2.45, 2.75) is 50.9 Å². The van der Waals surface area contributed by atoms with Gasteiger partial charge in [-0.05, 0) is 59.1 Å². The number of methoxy groups -OCH3 is 3. The molecule has 4 atom stereocenters. The van der Waals surface area contributed by atoms with Gasteiger partial charge < -0.3 is 32.8 Å². The van der Waals surface area contributed by atoms with Gasteiger partial charge in [0.2, 0.25) is 12.5 Å². The fourth-order valence-electron chi connectivity index (χ4n) is 5.44. The van der Waals surface area contributed by atoms with E-state index in [2.05, 4.69) is 33.9 Å². The minimum Gasteiger partial charge on any atom is -0.493 e. The Labute approximate surface area is 219 Å². The maximum Gasteiger partial charge on any atom is 0.310 e. The summed E-state index contributed by atoms with van der Waals surface area (Å²) in [5, 5.41) is -0.00393. The third-order valence-electron chi connectivity index (χ3n) is 8.39. The molecule has 8 nitrogen and oxygen atoms in total. The fourth-order valence-corrected chi connectivity index (χ4v) is 6.73. The van der Waals surface area contributed by atoms with Gasteiger partial charge in [-0.3, -0.25) is 4.79 Å². The zero-order valence-electron chi connectivity index (χ0n) is 22.8. The highest BCUT2D eigenvalue weighted by atomic mass is 28.4. The van der Waals surface area contributed by atoms with Crippen LogP contribution >= 0.6 is 0 Å². The summed E-state index contributed by atoms with van der Waals surface area (Å²) in [5.74, 6) is 1.77. The standard InChI is InChI=1S/C28H36O8Si/c1-28(2,3)37(7,8)36-25-17-12-20-19(34-14-35-20)11-16(17)23(24-18(25)13-33-27(24)29)15-9-21(30-4)26(32-6)22(10-15)31-5/h9-12,18,23-25H,13-14H2,1-8H3/t18-,23+,24-,25-/m0/s1. The Bertz CT molecular complexity index is 1190. The lowest BCUT2D eigenvalue weighted by molar-refractivity contribution is -0.141. The van der Waals surface area contributed by atoms with E-state index in [1.165, 1.54) is 0 Å². The van der Waals surface area contributed by atoms with Crippen molar-refractivity contribution in [3.05, 3.63) is 41.0 Å². The van der Waals surface area contributed by atoms with Gasteiger partial charge in [-0.15, -0.1) is 0 Å². The lowest BCUT2D eigenvalue weighted by Gasteiger charge is -2.45. The average molecular weight is 529 g/mol. The van der Waals surface area contributed by atoms with Crippen LogP contribution in [-0.4, -0.2) is 49.0 Å². The quantitative estimate of drug-likeness (QED) is 0.362. The van der Waals surface area contributed by atoms with Crippen LogP contribution in [0.2, 0.25) is 18.1 Å². The van der Waals surface area contributed by atoms with Crippen molar-refractivity contribution in [3.8, 4) is 28.7 Å². The Balaban J connectivity index is 1.73. The van der Waals surface area contributed by atoms with Gasteiger partial charge in [-0.25, -0.2) is 0 Å². The van der Waals surface area contributed by atoms with Crippen molar-refractivity contribution in [1.29, 1.82) is 0 Å². The van der Waals surface area contributed by atoms with Crippen molar-refractivity contribution in [2.24, 2.45) is 11.8 Å². The Morgan fingerprint density at radius 3 is 2.00 bits per heavy atom. The minimum atomic E-state index is -2.21. The molecule has 2 heterocycles. The van der Waals surface area contributed by atoms with Crippen molar-refractivity contribution >= 4 is 14.3 Å². The summed E-state index contributed by atoms with van der Waals surface area (Å²) < 4.78 is 41.1. The van der Waals surface area contributed by atoms with Gasteiger partial charge in [0, 0.05) is 11.8 Å². The van der Waals surface area contributed by atoms with E-state index in [1.54, 1.807) is 21.3 Å². The first-order valence-electron chi connectivity index (χ1n) is 12.6. The zero-order valence-corrected chi connectivity index (χ0v) is 23.8. The number of rotatable bonds is 6. The number of hydrogen-bond donors (Lipinski definition) is 0. The number of carbonyl (C=O) groups is 1. The largest absolute Gasteiger partial charge is 0.493 e. The number of hydrogen-bond acceptors (Lipinski definition) is 8. The highest BCUT2D eigenvalue weighted by molar-refractivity contribution is 6.74. The van der Waals surface area contributed by atoms with Crippen molar-refractivity contribution < 1.29 is 37.6 Å². The van der Waals surface area contributed by atoms with Crippen LogP contribution in [0.4, 0.5) is 0 Å². The van der Waals surface area contributed by atoms with Crippen molar-refractivity contribution in [3.63, 3.8) is 0 Å². The lowest BCUT2D eigenvalue weighted by atomic mass is 9.66. The molecule has 0 unspecified atom stereocenters. The molecule has 37 heavy (non-hydrogen) atoms. The SMILES string of the molecule is COc1cc([C@@H]2c3cc4c(cc3[C@H](O[Si](C)(C)C(C)(C)C)[C@H]3COC(=O)[C@H]23)OCO4)cc(OC)c1OC. The molecule has 200 valence electrons. The molecule has 0 aromatic heterocycles. The summed E-state index contributed by atoms with van der Waals surface area (Å²) in [6.07, 6.45) is -0.305. The molecule has 0 saturated carbocycles. The van der Waals surface area contributed by atoms with Crippen LogP contribution in [0.3, 0.4) is 0 Å². The molecular weight excluding hydrogens is 492 g/mol. The topological polar surface area (TPSA) is 81.7 Å². The van der Waals surface area contributed by atoms with E-state index in [9.17, 15) is 4.79 Å². The van der Waals surface area contributed by atoms with Crippen LogP contribution in [-0.2, 0) is 14.0 Å². The molecule has 1 saturated heterocycles. The van der Waals surface area contributed by atoms with Crippen LogP contribution in [0.15, 0.2) is 24.3 Å². The third kappa shape index (κ3) is 4.12. The maximum absolute atomic E-state index is 13.4. The first kappa shape index (κ1) is 25.7. The van der Waals surface area contributed by atoms with Crippen LogP contribution < -0.4 is 23.7 Å². The maximum atomic E-state index is 13.4. The Morgan fingerprint density at radius 1 is 0.865 bits per heavy atom. The monoisotopic (exact) mass is 528 g/mol. The fraction of sp³-hybridized carbons (Fsp3) is 0.536. The van der Waals surface area contributed by atoms with Gasteiger partial charge >= 0.3 is 5.97 Å². The summed E-state index contributed by atoms with van der Waals surface area (Å²) >= 11 is 0. The van der Waals surface area contributed by atoms with E-state index in [1.807, 2.05) is 24.3 Å². The summed E-state index contributed by atoms with van der Waals surface area (Å²) in [5.41, 5.74) is 2.84. The normalized spacial score (nSPS) is 24.3. The van der Waals surface area contributed by atoms with E-state index in [0.29, 0.717) is 35.4 Å². The number of fused-ring (bicyclic) bond motifs is 3. The molecule has 2 aromatic rings. The van der Waals surface area contributed by atoms with Crippen LogP contribution in [0.25, 0.3) is 0 Å². The molecule has 9 heteroatoms. The second kappa shape index (κ2) is 9.13. The lowest BCUT2D eigenvalue weighted by Crippen LogP contribution is -2.46. The predicted molar refractivity (Wildman–Crippen MR) is 139 cm³/mol. The summed E-state index contributed by atoms with van der Waals surface area (Å²) in [6.45, 7) is 11.6. The minimum absolute atomic E-state index is 0.00393. The third-order valence-corrected chi connectivity index (χ3v) is 12.8. The molecule has 5 rings (SSSR count). The van der Waals surface area contributed by atoms with E-state index >= 15 is 0 Å². The van der Waals surface area contributed by atoms with Crippen LogP contribution in [0.1, 0.15) is 49.5 Å². The molecular formula is C28H36O8Si. The van der Waals surface area contributed by atoms with E-state index in [4.69, 9.17) is 32.8 Å². The smallest absolute Gasteiger partial charge is 0.310 e. The number of benzene rings is 2. The summed E-state index contributed by atoms with van der Waals surface area (Å²) in [7, 11) is 2.54. The molecule has 1 fully saturated rings. The van der Waals surface area contributed by atoms with Gasteiger partial charge in [0.05, 0.1) is 40.0 Å². The molecule has 0 radical (unpaired) electrons. The molecule has 0 bridgehead atoms. The molecule has 0 N–H and O–H groups in total. The molecule has 2 aliphatic heterocycles. The van der Waals surface area contributed by atoms with Crippen LogP contribution in [0.5, 0.6) is 28.7 Å². The molecule has 1 aliphatic carbocycles. The Morgan fingerprint density at radius 2 is 1.46 bits per heavy atom. The van der Waals surface area contributed by atoms with E-state index < -0.39 is 14.2 Å². The highest BCUT2D eigenvalue weighted by Gasteiger charge is 2.55. The zero-order chi connectivity index (χ0) is 26.7. The van der Waals surface area contributed by atoms with Gasteiger partial charge in [0.1, 0.15) is 0 Å². The Hall–Kier alpha value is -2.91. The second-order valence-electron chi connectivity index (χ2n) is 11.4. The number of cyclic esters (lactones) is 1. The van der Waals surface area contributed by atoms with Gasteiger partial charge in [-0.1, -0.05) is 20.8 Å². The molecule has 0 spiro atoms. The van der Waals surface area contributed by atoms with Crippen LogP contribution in [0, 0.1) is 11.8 Å². The predicted octanol–water partition coefficient (Wildman–Crippen LogP) is 5.44. The first-order chi connectivity index (χ1) is 17.5. The first-order valence-corrected chi connectivity index (χ1v) is 15.5. The molecule has 0 amide bonds. The summed E-state index contributed by atoms with van der Waals surface area (Å²) in [4.78, 5) is 13.4. The van der Waals surface area contributed by atoms with E-state index in [-0.39, 0.29) is 35.7 Å². The van der Waals surface area contributed by atoms with Gasteiger partial charge in [-0.2, -0.15) is 0 Å². The van der Waals surface area contributed by atoms with Crippen molar-refractivity contribution in [1.82, 2.24) is 0 Å². The van der Waals surface area contributed by atoms with Crippen molar-refractivity contribution in [2.75, 3.05) is 34.7 Å². The second-order valence-corrected chi connectivity index (χ2v) is 16.1.